The lowest BCUT2D eigenvalue weighted by Crippen LogP contribution is -2.14. The maximum absolute atomic E-state index is 12.4. The first kappa shape index (κ1) is 15.8. The molecule has 5 heteroatoms. The molecule has 21 heavy (non-hydrogen) atoms. The van der Waals surface area contributed by atoms with E-state index in [-0.39, 0.29) is 11.8 Å². The average molecular weight is 395 g/mol. The van der Waals surface area contributed by atoms with E-state index >= 15 is 0 Å². The zero-order chi connectivity index (χ0) is 15.4. The molecule has 2 aromatic rings. The minimum atomic E-state index is -0.127. The highest BCUT2D eigenvalue weighted by Crippen LogP contribution is 2.19. The zero-order valence-electron chi connectivity index (χ0n) is 12.3. The number of amides is 1. The van der Waals surface area contributed by atoms with Crippen LogP contribution in [0.5, 0.6) is 0 Å². The van der Waals surface area contributed by atoms with E-state index in [9.17, 15) is 4.79 Å². The van der Waals surface area contributed by atoms with Crippen LogP contribution < -0.4 is 10.6 Å². The summed E-state index contributed by atoms with van der Waals surface area (Å²) < 4.78 is 1.08. The van der Waals surface area contributed by atoms with Gasteiger partial charge in [0.25, 0.3) is 5.91 Å². The first-order chi connectivity index (χ1) is 9.99. The van der Waals surface area contributed by atoms with Crippen LogP contribution in [0.3, 0.4) is 0 Å². The summed E-state index contributed by atoms with van der Waals surface area (Å²) in [7, 11) is 1.80. The SMILES string of the molecule is CNc1cc(C(=O)Nc2cccc(I)c2)cc(C(C)C)n1. The van der Waals surface area contributed by atoms with Crippen molar-refractivity contribution in [2.24, 2.45) is 0 Å². The Hall–Kier alpha value is -1.63. The molecule has 0 unspecified atom stereocenters. The molecule has 0 aliphatic carbocycles. The molecule has 2 rings (SSSR count). The number of carbonyl (C=O) groups excluding carboxylic acids is 1. The maximum atomic E-state index is 12.4. The van der Waals surface area contributed by atoms with Gasteiger partial charge >= 0.3 is 0 Å². The van der Waals surface area contributed by atoms with Crippen LogP contribution in [0.1, 0.15) is 35.8 Å². The molecule has 0 aliphatic rings. The molecule has 4 nitrogen and oxygen atoms in total. The van der Waals surface area contributed by atoms with Gasteiger partial charge in [0.2, 0.25) is 0 Å². The first-order valence-electron chi connectivity index (χ1n) is 6.76. The van der Waals surface area contributed by atoms with Crippen molar-refractivity contribution in [2.75, 3.05) is 17.7 Å². The number of benzene rings is 1. The zero-order valence-corrected chi connectivity index (χ0v) is 14.4. The second-order valence-corrected chi connectivity index (χ2v) is 6.28. The predicted octanol–water partition coefficient (Wildman–Crippen LogP) is 4.10. The fourth-order valence-corrected chi connectivity index (χ4v) is 2.42. The molecule has 0 aliphatic heterocycles. The van der Waals surface area contributed by atoms with Gasteiger partial charge in [-0.1, -0.05) is 19.9 Å². The van der Waals surface area contributed by atoms with Crippen molar-refractivity contribution in [1.29, 1.82) is 0 Å². The molecule has 0 atom stereocenters. The number of hydrogen-bond acceptors (Lipinski definition) is 3. The topological polar surface area (TPSA) is 54.0 Å². The van der Waals surface area contributed by atoms with Gasteiger partial charge in [0.05, 0.1) is 0 Å². The summed E-state index contributed by atoms with van der Waals surface area (Å²) in [6.07, 6.45) is 0. The van der Waals surface area contributed by atoms with Crippen LogP contribution in [0.2, 0.25) is 0 Å². The van der Waals surface area contributed by atoms with E-state index in [0.29, 0.717) is 11.4 Å². The summed E-state index contributed by atoms with van der Waals surface area (Å²) in [5, 5.41) is 5.92. The number of pyridine rings is 1. The van der Waals surface area contributed by atoms with Crippen molar-refractivity contribution < 1.29 is 4.79 Å². The van der Waals surface area contributed by atoms with Gasteiger partial charge in [0.1, 0.15) is 5.82 Å². The molecule has 0 saturated carbocycles. The minimum Gasteiger partial charge on any atom is -0.373 e. The van der Waals surface area contributed by atoms with E-state index in [1.165, 1.54) is 0 Å². The van der Waals surface area contributed by atoms with Crippen LogP contribution in [-0.2, 0) is 0 Å². The largest absolute Gasteiger partial charge is 0.373 e. The standard InChI is InChI=1S/C16H18IN3O/c1-10(2)14-7-11(8-15(18-3)20-14)16(21)19-13-6-4-5-12(17)9-13/h4-10H,1-3H3,(H,18,20)(H,19,21). The molecule has 0 spiro atoms. The minimum absolute atomic E-state index is 0.127. The highest BCUT2D eigenvalue weighted by atomic mass is 127. The van der Waals surface area contributed by atoms with E-state index in [0.717, 1.165) is 15.0 Å². The molecule has 110 valence electrons. The molecular formula is C16H18IN3O. The van der Waals surface area contributed by atoms with Crippen LogP contribution >= 0.6 is 22.6 Å². The lowest BCUT2D eigenvalue weighted by molar-refractivity contribution is 0.102. The Balaban J connectivity index is 2.28. The van der Waals surface area contributed by atoms with Crippen molar-refractivity contribution in [3.05, 3.63) is 51.2 Å². The van der Waals surface area contributed by atoms with Crippen LogP contribution in [0.15, 0.2) is 36.4 Å². The van der Waals surface area contributed by atoms with Gasteiger partial charge < -0.3 is 10.6 Å². The molecule has 1 heterocycles. The van der Waals surface area contributed by atoms with E-state index < -0.39 is 0 Å². The summed E-state index contributed by atoms with van der Waals surface area (Å²) in [5.41, 5.74) is 2.30. The van der Waals surface area contributed by atoms with E-state index in [2.05, 4.69) is 52.1 Å². The summed E-state index contributed by atoms with van der Waals surface area (Å²) >= 11 is 2.22. The number of halogens is 1. The molecule has 1 aromatic carbocycles. The number of nitrogens with one attached hydrogen (secondary N) is 2. The van der Waals surface area contributed by atoms with Crippen LogP contribution in [-0.4, -0.2) is 17.9 Å². The lowest BCUT2D eigenvalue weighted by Gasteiger charge is -2.11. The fraction of sp³-hybridized carbons (Fsp3) is 0.250. The third kappa shape index (κ3) is 4.17. The summed E-state index contributed by atoms with van der Waals surface area (Å²) in [6.45, 7) is 4.12. The second-order valence-electron chi connectivity index (χ2n) is 5.04. The van der Waals surface area contributed by atoms with E-state index in [1.54, 1.807) is 13.1 Å². The summed E-state index contributed by atoms with van der Waals surface area (Å²) in [4.78, 5) is 16.9. The van der Waals surface area contributed by atoms with Gasteiger partial charge in [0.15, 0.2) is 0 Å². The molecule has 0 bridgehead atoms. The monoisotopic (exact) mass is 395 g/mol. The van der Waals surface area contributed by atoms with Gasteiger partial charge in [-0.2, -0.15) is 0 Å². The Morgan fingerprint density at radius 2 is 2.00 bits per heavy atom. The molecule has 0 saturated heterocycles. The Kier molecular flexibility index (Phi) is 5.17. The van der Waals surface area contributed by atoms with Gasteiger partial charge in [-0.15, -0.1) is 0 Å². The molecule has 1 aromatic heterocycles. The van der Waals surface area contributed by atoms with Gasteiger partial charge in [-0.05, 0) is 58.8 Å². The maximum Gasteiger partial charge on any atom is 0.255 e. The van der Waals surface area contributed by atoms with Crippen molar-refractivity contribution in [3.63, 3.8) is 0 Å². The number of aromatic nitrogens is 1. The van der Waals surface area contributed by atoms with Crippen molar-refractivity contribution in [3.8, 4) is 0 Å². The van der Waals surface area contributed by atoms with Gasteiger partial charge in [0, 0.05) is 27.6 Å². The van der Waals surface area contributed by atoms with Crippen LogP contribution in [0, 0.1) is 3.57 Å². The van der Waals surface area contributed by atoms with Crippen molar-refractivity contribution >= 4 is 40.0 Å². The molecule has 0 radical (unpaired) electrons. The smallest absolute Gasteiger partial charge is 0.255 e. The quantitative estimate of drug-likeness (QED) is 0.767. The number of carbonyl (C=O) groups is 1. The average Bonchev–Trinajstić information content (AvgIpc) is 2.46. The van der Waals surface area contributed by atoms with Crippen molar-refractivity contribution in [1.82, 2.24) is 4.98 Å². The van der Waals surface area contributed by atoms with Crippen molar-refractivity contribution in [2.45, 2.75) is 19.8 Å². The molecule has 1 amide bonds. The lowest BCUT2D eigenvalue weighted by atomic mass is 10.1. The highest BCUT2D eigenvalue weighted by Gasteiger charge is 2.12. The van der Waals surface area contributed by atoms with E-state index in [4.69, 9.17) is 0 Å². The highest BCUT2D eigenvalue weighted by molar-refractivity contribution is 14.1. The predicted molar refractivity (Wildman–Crippen MR) is 95.0 cm³/mol. The Bertz CT molecular complexity index is 656. The third-order valence-corrected chi connectivity index (χ3v) is 3.71. The Morgan fingerprint density at radius 3 is 2.62 bits per heavy atom. The number of hydrogen-bond donors (Lipinski definition) is 2. The number of anilines is 2. The van der Waals surface area contributed by atoms with Crippen LogP contribution in [0.25, 0.3) is 0 Å². The normalized spacial score (nSPS) is 10.5. The second kappa shape index (κ2) is 6.89. The summed E-state index contributed by atoms with van der Waals surface area (Å²) in [6, 6.07) is 11.3. The van der Waals surface area contributed by atoms with E-state index in [1.807, 2.05) is 30.3 Å². The number of rotatable bonds is 4. The fourth-order valence-electron chi connectivity index (χ4n) is 1.88. The molecule has 2 N–H and O–H groups in total. The van der Waals surface area contributed by atoms with Gasteiger partial charge in [-0.25, -0.2) is 4.98 Å². The Labute approximate surface area is 138 Å². The Morgan fingerprint density at radius 1 is 1.24 bits per heavy atom. The third-order valence-electron chi connectivity index (χ3n) is 3.04. The van der Waals surface area contributed by atoms with Gasteiger partial charge in [-0.3, -0.25) is 4.79 Å². The molecule has 0 fully saturated rings. The summed E-state index contributed by atoms with van der Waals surface area (Å²) in [5.74, 6) is 0.842. The van der Waals surface area contributed by atoms with Crippen LogP contribution in [0.4, 0.5) is 11.5 Å². The molecular weight excluding hydrogens is 377 g/mol. The number of nitrogens with zero attached hydrogens (tertiary/aromatic N) is 1. The first-order valence-corrected chi connectivity index (χ1v) is 7.84.